The smallest absolute Gasteiger partial charge is 0.140 e. The molecule has 4 N–H and O–H groups in total. The molecule has 0 aromatic heterocycles. The maximum atomic E-state index is 10.0. The highest BCUT2D eigenvalue weighted by atomic mass is 32.1. The molecule has 0 bridgehead atoms. The van der Waals surface area contributed by atoms with Crippen LogP contribution in [-0.2, 0) is 4.74 Å². The van der Waals surface area contributed by atoms with Crippen LogP contribution in [0.2, 0.25) is 0 Å². The normalized spacial score (nSPS) is 38.1. The summed E-state index contributed by atoms with van der Waals surface area (Å²) in [7, 11) is 0. The Labute approximate surface area is 126 Å². The van der Waals surface area contributed by atoms with Gasteiger partial charge in [0.05, 0.1) is 6.61 Å². The van der Waals surface area contributed by atoms with Crippen LogP contribution in [0, 0.1) is 0 Å². The highest BCUT2D eigenvalue weighted by molar-refractivity contribution is 7.81. The first kappa shape index (κ1) is 18.2. The van der Waals surface area contributed by atoms with Crippen LogP contribution < -0.4 is 0 Å². The zero-order chi connectivity index (χ0) is 15.2. The van der Waals surface area contributed by atoms with Crippen molar-refractivity contribution in [1.29, 1.82) is 0 Å². The summed E-state index contributed by atoms with van der Waals surface area (Å²) in [6.45, 7) is 1.75. The van der Waals surface area contributed by atoms with Gasteiger partial charge in [0.2, 0.25) is 0 Å². The highest BCUT2D eigenvalue weighted by Gasteiger charge is 2.50. The molecule has 0 amide bonds. The van der Waals surface area contributed by atoms with Crippen LogP contribution in [0.15, 0.2) is 0 Å². The van der Waals surface area contributed by atoms with E-state index in [1.54, 1.807) is 0 Å². The molecule has 1 unspecified atom stereocenters. The molecule has 5 atom stereocenters. The van der Waals surface area contributed by atoms with Gasteiger partial charge < -0.3 is 25.2 Å². The van der Waals surface area contributed by atoms with Gasteiger partial charge in [0.1, 0.15) is 29.3 Å². The van der Waals surface area contributed by atoms with Crippen LogP contribution in [0.3, 0.4) is 0 Å². The van der Waals surface area contributed by atoms with Crippen molar-refractivity contribution in [2.24, 2.45) is 0 Å². The van der Waals surface area contributed by atoms with Crippen molar-refractivity contribution in [3.05, 3.63) is 0 Å². The lowest BCUT2D eigenvalue weighted by molar-refractivity contribution is -0.243. The minimum Gasteiger partial charge on any atom is -0.394 e. The Hall–Kier alpha value is 0.150. The van der Waals surface area contributed by atoms with Crippen LogP contribution >= 0.6 is 12.6 Å². The molecule has 1 heterocycles. The first-order chi connectivity index (χ1) is 9.46. The molecular weight excluding hydrogens is 280 g/mol. The number of aliphatic hydroxyl groups is 4. The molecule has 20 heavy (non-hydrogen) atoms. The molecule has 1 saturated heterocycles. The van der Waals surface area contributed by atoms with Crippen LogP contribution in [0.1, 0.15) is 51.9 Å². The predicted octanol–water partition coefficient (Wildman–Crippen LogP) is 0.837. The first-order valence-corrected chi connectivity index (χ1v) is 7.96. The van der Waals surface area contributed by atoms with Crippen molar-refractivity contribution >= 4 is 12.6 Å². The van der Waals surface area contributed by atoms with E-state index >= 15 is 0 Å². The van der Waals surface area contributed by atoms with Crippen LogP contribution in [-0.4, -0.2) is 56.4 Å². The molecule has 1 aliphatic heterocycles. The van der Waals surface area contributed by atoms with Crippen LogP contribution in [0.4, 0.5) is 0 Å². The molecule has 1 aliphatic rings. The zero-order valence-corrected chi connectivity index (χ0v) is 13.0. The topological polar surface area (TPSA) is 90.2 Å². The number of rotatable bonds is 8. The number of thiol groups is 1. The van der Waals surface area contributed by atoms with Crippen molar-refractivity contribution in [2.45, 2.75) is 81.2 Å². The maximum Gasteiger partial charge on any atom is 0.140 e. The maximum absolute atomic E-state index is 10.0. The second-order valence-corrected chi connectivity index (χ2v) is 6.38. The van der Waals surface area contributed by atoms with Gasteiger partial charge in [-0.1, -0.05) is 39.0 Å². The summed E-state index contributed by atoms with van der Waals surface area (Å²) in [5.74, 6) is 0. The van der Waals surface area contributed by atoms with E-state index in [4.69, 9.17) is 9.84 Å². The lowest BCUT2D eigenvalue weighted by atomic mass is 9.91. The second kappa shape index (κ2) is 8.56. The average molecular weight is 308 g/mol. The van der Waals surface area contributed by atoms with Crippen LogP contribution in [0.25, 0.3) is 0 Å². The Bertz CT molecular complexity index is 276. The number of hydrogen-bond acceptors (Lipinski definition) is 6. The monoisotopic (exact) mass is 308 g/mol. The van der Waals surface area contributed by atoms with Crippen molar-refractivity contribution in [3.63, 3.8) is 0 Å². The van der Waals surface area contributed by atoms with E-state index in [1.807, 2.05) is 0 Å². The molecule has 5 nitrogen and oxygen atoms in total. The molecule has 0 aromatic rings. The highest BCUT2D eigenvalue weighted by Crippen LogP contribution is 2.37. The molecule has 0 radical (unpaired) electrons. The quantitative estimate of drug-likeness (QED) is 0.339. The Morgan fingerprint density at radius 1 is 1.00 bits per heavy atom. The largest absolute Gasteiger partial charge is 0.394 e. The zero-order valence-electron chi connectivity index (χ0n) is 12.1. The average Bonchev–Trinajstić information content (AvgIpc) is 2.45. The van der Waals surface area contributed by atoms with Gasteiger partial charge >= 0.3 is 0 Å². The van der Waals surface area contributed by atoms with E-state index in [9.17, 15) is 15.3 Å². The Balaban J connectivity index is 2.44. The Kier molecular flexibility index (Phi) is 7.79. The molecule has 0 spiro atoms. The third kappa shape index (κ3) is 4.58. The van der Waals surface area contributed by atoms with Crippen molar-refractivity contribution < 1.29 is 25.2 Å². The van der Waals surface area contributed by atoms with Gasteiger partial charge in [0, 0.05) is 0 Å². The van der Waals surface area contributed by atoms with Crippen molar-refractivity contribution in [3.8, 4) is 0 Å². The van der Waals surface area contributed by atoms with Crippen molar-refractivity contribution in [1.82, 2.24) is 0 Å². The van der Waals surface area contributed by atoms with E-state index in [1.165, 1.54) is 19.3 Å². The number of ether oxygens (including phenoxy) is 1. The second-order valence-electron chi connectivity index (χ2n) is 5.63. The van der Waals surface area contributed by atoms with Gasteiger partial charge in [-0.05, 0) is 12.8 Å². The third-order valence-corrected chi connectivity index (χ3v) is 4.53. The van der Waals surface area contributed by atoms with Gasteiger partial charge in [0.25, 0.3) is 0 Å². The van der Waals surface area contributed by atoms with Gasteiger partial charge in [-0.15, -0.1) is 12.6 Å². The van der Waals surface area contributed by atoms with Gasteiger partial charge in [0.15, 0.2) is 0 Å². The molecule has 0 aliphatic carbocycles. The summed E-state index contributed by atoms with van der Waals surface area (Å²) in [5.41, 5.74) is 0. The fourth-order valence-electron chi connectivity index (χ4n) is 2.59. The van der Waals surface area contributed by atoms with E-state index in [-0.39, 0.29) is 0 Å². The van der Waals surface area contributed by atoms with E-state index in [0.717, 1.165) is 19.3 Å². The summed E-state index contributed by atoms with van der Waals surface area (Å²) >= 11 is 4.35. The summed E-state index contributed by atoms with van der Waals surface area (Å²) in [5, 5.41) is 38.7. The Morgan fingerprint density at radius 2 is 1.60 bits per heavy atom. The van der Waals surface area contributed by atoms with Crippen molar-refractivity contribution in [2.75, 3.05) is 6.61 Å². The molecule has 1 fully saturated rings. The summed E-state index contributed by atoms with van der Waals surface area (Å²) < 4.78 is 5.50. The minimum atomic E-state index is -1.35. The lowest BCUT2D eigenvalue weighted by Crippen LogP contribution is -2.62. The van der Waals surface area contributed by atoms with Crippen LogP contribution in [0.5, 0.6) is 0 Å². The first-order valence-electron chi connectivity index (χ1n) is 7.51. The number of unbranched alkanes of at least 4 members (excludes halogenated alkanes) is 5. The number of hydrogen-bond donors (Lipinski definition) is 5. The summed E-state index contributed by atoms with van der Waals surface area (Å²) in [4.78, 5) is -1.21. The molecule has 1 rings (SSSR count). The molecule has 0 aromatic carbocycles. The SMILES string of the molecule is CCCCCCCCC1(S)O[C@@H](CO)[C@H](O)[C@@H](O)[C@@H]1O. The molecule has 6 heteroatoms. The van der Waals surface area contributed by atoms with Gasteiger partial charge in [-0.2, -0.15) is 0 Å². The summed E-state index contributed by atoms with van der Waals surface area (Å²) in [6, 6.07) is 0. The minimum absolute atomic E-state index is 0.413. The van der Waals surface area contributed by atoms with E-state index in [2.05, 4.69) is 19.6 Å². The Morgan fingerprint density at radius 3 is 2.20 bits per heavy atom. The molecular formula is C14H28O5S. The molecule has 120 valence electrons. The van der Waals surface area contributed by atoms with E-state index in [0.29, 0.717) is 6.42 Å². The van der Waals surface area contributed by atoms with Gasteiger partial charge in [-0.25, -0.2) is 0 Å². The fraction of sp³-hybridized carbons (Fsp3) is 1.00. The fourth-order valence-corrected chi connectivity index (χ4v) is 3.03. The summed E-state index contributed by atoms with van der Waals surface area (Å²) in [6.07, 6.45) is 2.24. The third-order valence-electron chi connectivity index (χ3n) is 3.94. The van der Waals surface area contributed by atoms with E-state index < -0.39 is 36.0 Å². The van der Waals surface area contributed by atoms with Gasteiger partial charge in [-0.3, -0.25) is 0 Å². The predicted molar refractivity (Wildman–Crippen MR) is 79.7 cm³/mol. The standard InChI is InChI=1S/C14H28O5S/c1-2-3-4-5-6-7-8-14(20)13(18)12(17)11(16)10(9-15)19-14/h10-13,15-18,20H,2-9H2,1H3/t10-,11-,12+,13-,14?/m0/s1. The number of aliphatic hydroxyl groups excluding tert-OH is 4. The molecule has 0 saturated carbocycles. The lowest BCUT2D eigenvalue weighted by Gasteiger charge is -2.46.